The summed E-state index contributed by atoms with van der Waals surface area (Å²) >= 11 is 5.48. The summed E-state index contributed by atoms with van der Waals surface area (Å²) in [5, 5.41) is 0. The van der Waals surface area contributed by atoms with Gasteiger partial charge in [-0.05, 0) is 24.1 Å². The minimum atomic E-state index is -0.652. The molecular formula is C14H16ClNO. The highest BCUT2D eigenvalue weighted by Crippen LogP contribution is 2.13. The molecule has 0 fully saturated rings. The molecule has 0 saturated heterocycles. The molecule has 0 aromatic heterocycles. The lowest BCUT2D eigenvalue weighted by Gasteiger charge is -2.09. The number of halogens is 1. The van der Waals surface area contributed by atoms with Crippen LogP contribution in [-0.2, 0) is 4.79 Å². The van der Waals surface area contributed by atoms with E-state index in [0.717, 1.165) is 24.0 Å². The number of rotatable bonds is 4. The molecule has 0 heterocycles. The fourth-order valence-electron chi connectivity index (χ4n) is 1.37. The summed E-state index contributed by atoms with van der Waals surface area (Å²) in [7, 11) is 0. The normalized spacial score (nSPS) is 11.5. The van der Waals surface area contributed by atoms with Crippen LogP contribution in [-0.4, -0.2) is 11.7 Å². The zero-order valence-electron chi connectivity index (χ0n) is 9.87. The summed E-state index contributed by atoms with van der Waals surface area (Å²) in [5.74, 6) is 5.87. The number of carbonyl (C=O) groups excluding carboxylic acids is 1. The monoisotopic (exact) mass is 249 g/mol. The van der Waals surface area contributed by atoms with Gasteiger partial charge in [0.05, 0.1) is 11.9 Å². The smallest absolute Gasteiger partial charge is 0.168 e. The molecule has 90 valence electrons. The van der Waals surface area contributed by atoms with Crippen LogP contribution < -0.4 is 5.73 Å². The Bertz CT molecular complexity index is 445. The third-order valence-corrected chi connectivity index (χ3v) is 2.60. The van der Waals surface area contributed by atoms with Crippen molar-refractivity contribution in [2.24, 2.45) is 5.73 Å². The summed E-state index contributed by atoms with van der Waals surface area (Å²) < 4.78 is 0. The Balaban J connectivity index is 2.86. The topological polar surface area (TPSA) is 43.1 Å². The lowest BCUT2D eigenvalue weighted by atomic mass is 10.0. The molecule has 2 nitrogen and oxygen atoms in total. The van der Waals surface area contributed by atoms with Crippen LogP contribution in [0.4, 0.5) is 0 Å². The first-order chi connectivity index (χ1) is 8.19. The number of hydrogen-bond donors (Lipinski definition) is 1. The van der Waals surface area contributed by atoms with Crippen LogP contribution in [0.5, 0.6) is 0 Å². The predicted molar refractivity (Wildman–Crippen MR) is 70.9 cm³/mol. The fraction of sp³-hybridized carbons (Fsp3) is 0.357. The van der Waals surface area contributed by atoms with Crippen LogP contribution in [0.15, 0.2) is 24.3 Å². The highest BCUT2D eigenvalue weighted by Gasteiger charge is 2.14. The lowest BCUT2D eigenvalue weighted by molar-refractivity contribution is -0.118. The number of alkyl halides is 1. The zero-order valence-corrected chi connectivity index (χ0v) is 10.6. The van der Waals surface area contributed by atoms with E-state index in [-0.39, 0.29) is 11.7 Å². The molecule has 0 spiro atoms. The molecule has 2 N–H and O–H groups in total. The Morgan fingerprint density at radius 2 is 2.29 bits per heavy atom. The number of carbonyl (C=O) groups is 1. The number of hydrogen-bond acceptors (Lipinski definition) is 2. The van der Waals surface area contributed by atoms with Gasteiger partial charge in [-0.25, -0.2) is 0 Å². The maximum Gasteiger partial charge on any atom is 0.168 e. The van der Waals surface area contributed by atoms with Crippen molar-refractivity contribution in [2.45, 2.75) is 25.8 Å². The molecule has 0 bridgehead atoms. The quantitative estimate of drug-likeness (QED) is 0.659. The van der Waals surface area contributed by atoms with E-state index >= 15 is 0 Å². The molecule has 0 radical (unpaired) electrons. The number of ketones is 1. The maximum absolute atomic E-state index is 11.4. The first-order valence-electron chi connectivity index (χ1n) is 5.62. The Hall–Kier alpha value is -1.30. The third kappa shape index (κ3) is 4.22. The van der Waals surface area contributed by atoms with E-state index in [9.17, 15) is 4.79 Å². The summed E-state index contributed by atoms with van der Waals surface area (Å²) in [6.07, 6.45) is 1.91. The molecule has 1 rings (SSSR count). The van der Waals surface area contributed by atoms with Gasteiger partial charge in [0.1, 0.15) is 0 Å². The Labute approximate surface area is 107 Å². The first-order valence-corrected chi connectivity index (χ1v) is 6.15. The molecule has 1 atom stereocenters. The molecule has 17 heavy (non-hydrogen) atoms. The van der Waals surface area contributed by atoms with Crippen molar-refractivity contribution in [3.8, 4) is 11.8 Å². The highest BCUT2D eigenvalue weighted by molar-refractivity contribution is 6.28. The Morgan fingerprint density at radius 3 is 2.94 bits per heavy atom. The average Bonchev–Trinajstić information content (AvgIpc) is 2.37. The molecule has 0 aliphatic heterocycles. The van der Waals surface area contributed by atoms with Gasteiger partial charge in [-0.3, -0.25) is 4.79 Å². The molecule has 1 unspecified atom stereocenters. The van der Waals surface area contributed by atoms with Crippen LogP contribution in [0.3, 0.4) is 0 Å². The lowest BCUT2D eigenvalue weighted by Crippen LogP contribution is -2.22. The van der Waals surface area contributed by atoms with Crippen molar-refractivity contribution >= 4 is 17.4 Å². The zero-order chi connectivity index (χ0) is 12.7. The minimum Gasteiger partial charge on any atom is -0.318 e. The van der Waals surface area contributed by atoms with Gasteiger partial charge in [0, 0.05) is 12.0 Å². The van der Waals surface area contributed by atoms with Gasteiger partial charge in [-0.2, -0.15) is 0 Å². The highest BCUT2D eigenvalue weighted by atomic mass is 35.5. The molecule has 0 saturated carbocycles. The van der Waals surface area contributed by atoms with Crippen molar-refractivity contribution in [1.29, 1.82) is 0 Å². The van der Waals surface area contributed by atoms with Crippen molar-refractivity contribution in [2.75, 3.05) is 5.88 Å². The van der Waals surface area contributed by atoms with Crippen molar-refractivity contribution < 1.29 is 4.79 Å². The predicted octanol–water partition coefficient (Wildman–Crippen LogP) is 2.65. The second-order valence-corrected chi connectivity index (χ2v) is 4.02. The summed E-state index contributed by atoms with van der Waals surface area (Å²) in [6.45, 7) is 2.08. The van der Waals surface area contributed by atoms with Crippen LogP contribution in [0.25, 0.3) is 0 Å². The first kappa shape index (κ1) is 13.8. The van der Waals surface area contributed by atoms with Crippen LogP contribution in [0.2, 0.25) is 0 Å². The van der Waals surface area contributed by atoms with Gasteiger partial charge in [-0.15, -0.1) is 11.6 Å². The molecule has 1 aromatic rings. The minimum absolute atomic E-state index is 0.0626. The number of nitrogens with two attached hydrogens (primary N) is 1. The van der Waals surface area contributed by atoms with Crippen LogP contribution >= 0.6 is 11.6 Å². The summed E-state index contributed by atoms with van der Waals surface area (Å²) in [4.78, 5) is 11.4. The molecule has 1 aromatic carbocycles. The van der Waals surface area contributed by atoms with E-state index in [4.69, 9.17) is 17.3 Å². The van der Waals surface area contributed by atoms with Gasteiger partial charge < -0.3 is 5.73 Å². The fourth-order valence-corrected chi connectivity index (χ4v) is 1.53. The van der Waals surface area contributed by atoms with Gasteiger partial charge in [-0.1, -0.05) is 30.9 Å². The van der Waals surface area contributed by atoms with Crippen molar-refractivity contribution in [3.05, 3.63) is 35.4 Å². The van der Waals surface area contributed by atoms with Crippen LogP contribution in [0.1, 0.15) is 36.9 Å². The van der Waals surface area contributed by atoms with Crippen molar-refractivity contribution in [3.63, 3.8) is 0 Å². The van der Waals surface area contributed by atoms with E-state index in [1.54, 1.807) is 0 Å². The van der Waals surface area contributed by atoms with E-state index in [2.05, 4.69) is 18.8 Å². The maximum atomic E-state index is 11.4. The summed E-state index contributed by atoms with van der Waals surface area (Å²) in [5.41, 5.74) is 7.44. The van der Waals surface area contributed by atoms with E-state index in [0.29, 0.717) is 0 Å². The van der Waals surface area contributed by atoms with Crippen LogP contribution in [0, 0.1) is 11.8 Å². The average molecular weight is 250 g/mol. The number of benzene rings is 1. The SMILES string of the molecule is CCCC#Cc1cccc(C(N)C(=O)CCl)c1. The Morgan fingerprint density at radius 1 is 1.53 bits per heavy atom. The standard InChI is InChI=1S/C14H16ClNO/c1-2-3-4-6-11-7-5-8-12(9-11)14(16)13(17)10-15/h5,7-9,14H,2-3,10,16H2,1H3. The van der Waals surface area contributed by atoms with Gasteiger partial charge in [0.2, 0.25) is 0 Å². The van der Waals surface area contributed by atoms with E-state index in [1.165, 1.54) is 0 Å². The second kappa shape index (κ2) is 7.11. The third-order valence-electron chi connectivity index (χ3n) is 2.33. The molecular weight excluding hydrogens is 234 g/mol. The second-order valence-electron chi connectivity index (χ2n) is 3.75. The number of Topliss-reactive ketones (excluding diaryl/α,β-unsaturated/α-hetero) is 1. The molecule has 0 amide bonds. The van der Waals surface area contributed by atoms with Gasteiger partial charge in [0.15, 0.2) is 5.78 Å². The Kier molecular flexibility index (Phi) is 5.76. The van der Waals surface area contributed by atoms with Gasteiger partial charge in [0.25, 0.3) is 0 Å². The molecule has 3 heteroatoms. The van der Waals surface area contributed by atoms with Gasteiger partial charge >= 0.3 is 0 Å². The van der Waals surface area contributed by atoms with E-state index in [1.807, 2.05) is 24.3 Å². The molecule has 0 aliphatic rings. The summed E-state index contributed by atoms with van der Waals surface area (Å²) in [6, 6.07) is 6.77. The van der Waals surface area contributed by atoms with E-state index < -0.39 is 6.04 Å². The largest absolute Gasteiger partial charge is 0.318 e. The number of unbranched alkanes of at least 4 members (excludes halogenated alkanes) is 1. The molecule has 0 aliphatic carbocycles. The van der Waals surface area contributed by atoms with Crippen molar-refractivity contribution in [1.82, 2.24) is 0 Å².